The summed E-state index contributed by atoms with van der Waals surface area (Å²) >= 11 is 0. The summed E-state index contributed by atoms with van der Waals surface area (Å²) in [6, 6.07) is 16.7. The van der Waals surface area contributed by atoms with Gasteiger partial charge in [0.1, 0.15) is 0 Å². The average Bonchev–Trinajstić information content (AvgIpc) is 3.03. The number of piperidine rings is 1. The van der Waals surface area contributed by atoms with Gasteiger partial charge in [0.15, 0.2) is 0 Å². The highest BCUT2D eigenvalue weighted by Gasteiger charge is 2.25. The van der Waals surface area contributed by atoms with Crippen molar-refractivity contribution in [3.63, 3.8) is 0 Å². The summed E-state index contributed by atoms with van der Waals surface area (Å²) < 4.78 is 0. The molecule has 2 aromatic carbocycles. The average molecular weight is 459 g/mol. The molecule has 4 rings (SSSR count). The van der Waals surface area contributed by atoms with Crippen molar-refractivity contribution in [2.75, 3.05) is 19.7 Å². The van der Waals surface area contributed by atoms with Gasteiger partial charge in [-0.25, -0.2) is 0 Å². The molecule has 1 fully saturated rings. The lowest BCUT2D eigenvalue weighted by Gasteiger charge is -2.31. The number of hydrogen-bond donors (Lipinski definition) is 2. The molecule has 0 bridgehead atoms. The van der Waals surface area contributed by atoms with Gasteiger partial charge in [-0.05, 0) is 47.1 Å². The Kier molecular flexibility index (Phi) is 7.63. The van der Waals surface area contributed by atoms with E-state index in [9.17, 15) is 14.7 Å². The lowest BCUT2D eigenvalue weighted by atomic mass is 9.86. The predicted octanol–water partition coefficient (Wildman–Crippen LogP) is 4.51. The number of rotatable bonds is 6. The van der Waals surface area contributed by atoms with E-state index in [2.05, 4.69) is 66.0 Å². The Balaban J connectivity index is 1.46. The second-order valence-electron chi connectivity index (χ2n) is 9.45. The van der Waals surface area contributed by atoms with Gasteiger partial charge in [0, 0.05) is 25.4 Å². The second-order valence-corrected chi connectivity index (χ2v) is 9.45. The van der Waals surface area contributed by atoms with Crippen LogP contribution in [0.5, 0.6) is 0 Å². The molecule has 34 heavy (non-hydrogen) atoms. The zero-order chi connectivity index (χ0) is 24.1. The number of nitrogens with one attached hydrogen (secondary N) is 1. The molecule has 1 saturated heterocycles. The lowest BCUT2D eigenvalue weighted by molar-refractivity contribution is -0.132. The topological polar surface area (TPSA) is 69.6 Å². The quantitative estimate of drug-likeness (QED) is 0.571. The number of carbonyl (C=O) groups is 2. The Morgan fingerprint density at radius 3 is 2.03 bits per heavy atom. The molecule has 2 aliphatic rings. The minimum atomic E-state index is -0.382. The third-order valence-electron chi connectivity index (χ3n) is 6.77. The summed E-state index contributed by atoms with van der Waals surface area (Å²) in [5.74, 6) is -0.156. The first-order chi connectivity index (χ1) is 16.5. The summed E-state index contributed by atoms with van der Waals surface area (Å²) in [4.78, 5) is 26.7. The Morgan fingerprint density at radius 1 is 0.941 bits per heavy atom. The first-order valence-corrected chi connectivity index (χ1v) is 12.3. The van der Waals surface area contributed by atoms with Crippen LogP contribution in [0.2, 0.25) is 0 Å². The van der Waals surface area contributed by atoms with E-state index >= 15 is 0 Å². The molecular formula is C29H34N2O3. The number of aliphatic hydroxyl groups is 1. The zero-order valence-electron chi connectivity index (χ0n) is 20.1. The second kappa shape index (κ2) is 10.8. The normalized spacial score (nSPS) is 16.1. The minimum absolute atomic E-state index is 0.0876. The van der Waals surface area contributed by atoms with E-state index in [4.69, 9.17) is 0 Å². The number of amides is 2. The van der Waals surface area contributed by atoms with E-state index in [1.807, 2.05) is 18.7 Å². The van der Waals surface area contributed by atoms with Crippen LogP contribution >= 0.6 is 0 Å². The van der Waals surface area contributed by atoms with Crippen molar-refractivity contribution in [3.8, 4) is 0 Å². The lowest BCUT2D eigenvalue weighted by Crippen LogP contribution is -2.41. The largest absolute Gasteiger partial charge is 0.394 e. The van der Waals surface area contributed by atoms with Gasteiger partial charge < -0.3 is 15.3 Å². The van der Waals surface area contributed by atoms with Gasteiger partial charge in [-0.15, -0.1) is 0 Å². The van der Waals surface area contributed by atoms with E-state index in [0.29, 0.717) is 25.9 Å². The molecule has 2 N–H and O–H groups in total. The number of benzene rings is 2. The molecule has 1 atom stereocenters. The van der Waals surface area contributed by atoms with Crippen LogP contribution in [0, 0.1) is 5.92 Å². The summed E-state index contributed by atoms with van der Waals surface area (Å²) in [6.07, 6.45) is 6.84. The zero-order valence-corrected chi connectivity index (χ0v) is 20.1. The van der Waals surface area contributed by atoms with E-state index in [0.717, 1.165) is 12.8 Å². The SMILES string of the molecule is CC(C)C(=O)NC(CO)CCC(=O)N1CCC(=C2c3ccccc3C=Cc3ccccc32)CC1. The van der Waals surface area contributed by atoms with Gasteiger partial charge in [-0.3, -0.25) is 9.59 Å². The molecule has 1 aliphatic carbocycles. The Morgan fingerprint density at radius 2 is 1.50 bits per heavy atom. The van der Waals surface area contributed by atoms with Crippen molar-refractivity contribution in [1.82, 2.24) is 10.2 Å². The van der Waals surface area contributed by atoms with E-state index in [1.165, 1.54) is 33.4 Å². The van der Waals surface area contributed by atoms with Gasteiger partial charge in [-0.2, -0.15) is 0 Å². The highest BCUT2D eigenvalue weighted by atomic mass is 16.3. The van der Waals surface area contributed by atoms with Gasteiger partial charge in [0.25, 0.3) is 0 Å². The fraction of sp³-hybridized carbons (Fsp3) is 0.379. The van der Waals surface area contributed by atoms with Gasteiger partial charge in [0.05, 0.1) is 12.6 Å². The number of hydrogen-bond acceptors (Lipinski definition) is 3. The van der Waals surface area contributed by atoms with Crippen molar-refractivity contribution in [3.05, 3.63) is 76.4 Å². The van der Waals surface area contributed by atoms with Crippen molar-refractivity contribution >= 4 is 29.5 Å². The van der Waals surface area contributed by atoms with Gasteiger partial charge >= 0.3 is 0 Å². The number of likely N-dealkylation sites (tertiary alicyclic amines) is 1. The summed E-state index contributed by atoms with van der Waals surface area (Å²) in [5.41, 5.74) is 7.65. The van der Waals surface area contributed by atoms with Gasteiger partial charge in [-0.1, -0.05) is 80.1 Å². The Hall–Kier alpha value is -3.18. The van der Waals surface area contributed by atoms with Crippen LogP contribution < -0.4 is 5.32 Å². The van der Waals surface area contributed by atoms with E-state index in [1.54, 1.807) is 0 Å². The maximum atomic E-state index is 12.9. The molecule has 0 saturated carbocycles. The maximum absolute atomic E-state index is 12.9. The van der Waals surface area contributed by atoms with Crippen molar-refractivity contribution < 1.29 is 14.7 Å². The molecule has 178 valence electrons. The number of fused-ring (bicyclic) bond motifs is 2. The number of aliphatic hydroxyl groups excluding tert-OH is 1. The van der Waals surface area contributed by atoms with Gasteiger partial charge in [0.2, 0.25) is 11.8 Å². The van der Waals surface area contributed by atoms with E-state index in [-0.39, 0.29) is 30.4 Å². The summed E-state index contributed by atoms with van der Waals surface area (Å²) in [5, 5.41) is 12.4. The molecule has 5 nitrogen and oxygen atoms in total. The fourth-order valence-corrected chi connectivity index (χ4v) is 4.75. The predicted molar refractivity (Wildman–Crippen MR) is 137 cm³/mol. The van der Waals surface area contributed by atoms with Crippen LogP contribution in [0.15, 0.2) is 54.1 Å². The van der Waals surface area contributed by atoms with Crippen molar-refractivity contribution in [2.45, 2.75) is 45.6 Å². The molecule has 1 heterocycles. The third-order valence-corrected chi connectivity index (χ3v) is 6.77. The highest BCUT2D eigenvalue weighted by molar-refractivity contribution is 5.95. The standard InChI is InChI=1S/C29H34N2O3/c1-20(2)29(34)30-24(19-32)13-14-27(33)31-17-15-23(16-18-31)28-25-9-5-3-7-21(25)11-12-22-8-4-6-10-26(22)28/h3-12,20,24,32H,13-19H2,1-2H3,(H,30,34). The molecule has 1 aliphatic heterocycles. The number of nitrogens with zero attached hydrogens (tertiary/aromatic N) is 1. The van der Waals surface area contributed by atoms with Crippen LogP contribution in [-0.2, 0) is 9.59 Å². The monoisotopic (exact) mass is 458 g/mol. The summed E-state index contributed by atoms with van der Waals surface area (Å²) in [7, 11) is 0. The first-order valence-electron chi connectivity index (χ1n) is 12.3. The van der Waals surface area contributed by atoms with E-state index < -0.39 is 0 Å². The van der Waals surface area contributed by atoms with Crippen LogP contribution in [0.4, 0.5) is 0 Å². The Bertz CT molecular complexity index is 1050. The Labute approximate surface area is 202 Å². The van der Waals surface area contributed by atoms with Crippen LogP contribution in [0.25, 0.3) is 17.7 Å². The number of carbonyl (C=O) groups excluding carboxylic acids is 2. The van der Waals surface area contributed by atoms with Crippen LogP contribution in [0.1, 0.15) is 61.8 Å². The summed E-state index contributed by atoms with van der Waals surface area (Å²) in [6.45, 7) is 4.86. The maximum Gasteiger partial charge on any atom is 0.222 e. The minimum Gasteiger partial charge on any atom is -0.394 e. The third kappa shape index (κ3) is 5.31. The smallest absolute Gasteiger partial charge is 0.222 e. The molecular weight excluding hydrogens is 424 g/mol. The molecule has 2 amide bonds. The fourth-order valence-electron chi connectivity index (χ4n) is 4.75. The molecule has 0 aromatic heterocycles. The van der Waals surface area contributed by atoms with Crippen LogP contribution in [-0.4, -0.2) is 47.6 Å². The van der Waals surface area contributed by atoms with Crippen molar-refractivity contribution in [2.24, 2.45) is 5.92 Å². The molecule has 2 aromatic rings. The molecule has 0 spiro atoms. The molecule has 5 heteroatoms. The molecule has 0 radical (unpaired) electrons. The van der Waals surface area contributed by atoms with Crippen molar-refractivity contribution in [1.29, 1.82) is 0 Å². The molecule has 1 unspecified atom stereocenters. The highest BCUT2D eigenvalue weighted by Crippen LogP contribution is 2.38. The van der Waals surface area contributed by atoms with Crippen LogP contribution in [0.3, 0.4) is 0 Å². The first kappa shape index (κ1) is 24.0.